The van der Waals surface area contributed by atoms with E-state index in [4.69, 9.17) is 0 Å². The van der Waals surface area contributed by atoms with Gasteiger partial charge < -0.3 is 15.2 Å². The lowest BCUT2D eigenvalue weighted by Crippen LogP contribution is -2.48. The second-order valence-electron chi connectivity index (χ2n) is 7.56. The van der Waals surface area contributed by atoms with E-state index in [2.05, 4.69) is 32.7 Å². The van der Waals surface area contributed by atoms with Crippen LogP contribution in [0.5, 0.6) is 0 Å². The molecule has 0 spiro atoms. The molecule has 146 valence electrons. The molecule has 2 aliphatic rings. The van der Waals surface area contributed by atoms with Crippen molar-refractivity contribution in [1.29, 1.82) is 5.26 Å². The van der Waals surface area contributed by atoms with Gasteiger partial charge in [0.15, 0.2) is 0 Å². The molecule has 29 heavy (non-hydrogen) atoms. The maximum atomic E-state index is 12.5. The van der Waals surface area contributed by atoms with Crippen LogP contribution in [0.25, 0.3) is 6.08 Å². The standard InChI is InChI=1S/C23H23N5O/c1-16(25-2)23(19-8-4-3-6-17(19)15-24)9-12-28(13-10-23)21-14-20-18(22(29)27-21)7-5-11-26-20/h3-8,14H,2,9-13H2,1H3,(H-,26,27,29)/p+1. The number of aromatic amines is 1. The van der Waals surface area contributed by atoms with E-state index in [1.807, 2.05) is 49.4 Å². The molecule has 2 aromatic rings. The minimum absolute atomic E-state index is 0.0804. The Bertz CT molecular complexity index is 1120. The summed E-state index contributed by atoms with van der Waals surface area (Å²) in [6.45, 7) is 7.97. The third-order valence-electron chi connectivity index (χ3n) is 6.20. The normalized spacial score (nSPS) is 16.9. The van der Waals surface area contributed by atoms with Gasteiger partial charge in [-0.1, -0.05) is 24.3 Å². The van der Waals surface area contributed by atoms with Crippen molar-refractivity contribution in [3.63, 3.8) is 0 Å². The van der Waals surface area contributed by atoms with E-state index in [1.165, 1.54) is 0 Å². The van der Waals surface area contributed by atoms with Crippen molar-refractivity contribution in [2.45, 2.75) is 25.2 Å². The molecule has 1 aromatic carbocycles. The Balaban J connectivity index is 1.67. The number of benzene rings is 1. The van der Waals surface area contributed by atoms with Crippen LogP contribution in [-0.2, 0) is 5.41 Å². The first kappa shape index (κ1) is 18.8. The SMILES string of the molecule is C=[N+]=C(C)C1(c2ccccc2C#N)CCN(c2cc3c(c(=O)[nH]2)C=CCN3)CC1. The van der Waals surface area contributed by atoms with Gasteiger partial charge in [-0.05, 0) is 30.5 Å². The molecule has 0 radical (unpaired) electrons. The number of H-pyrrole nitrogens is 1. The number of rotatable bonds is 3. The Hall–Kier alpha value is -3.55. The van der Waals surface area contributed by atoms with Crippen LogP contribution in [0.4, 0.5) is 11.5 Å². The largest absolute Gasteiger partial charge is 0.381 e. The molecule has 0 unspecified atom stereocenters. The van der Waals surface area contributed by atoms with Crippen LogP contribution in [0.2, 0.25) is 0 Å². The molecule has 1 saturated heterocycles. The zero-order valence-electron chi connectivity index (χ0n) is 16.5. The van der Waals surface area contributed by atoms with E-state index in [-0.39, 0.29) is 11.0 Å². The molecule has 0 bridgehead atoms. The number of nitrogens with one attached hydrogen (secondary N) is 2. The molecule has 1 fully saturated rings. The lowest BCUT2D eigenvalue weighted by atomic mass is 9.68. The fourth-order valence-electron chi connectivity index (χ4n) is 4.49. The Morgan fingerprint density at radius 3 is 2.79 bits per heavy atom. The van der Waals surface area contributed by atoms with E-state index in [1.54, 1.807) is 0 Å². The molecule has 2 aliphatic heterocycles. The summed E-state index contributed by atoms with van der Waals surface area (Å²) in [4.78, 5) is 17.7. The van der Waals surface area contributed by atoms with Gasteiger partial charge in [-0.2, -0.15) is 5.26 Å². The molecule has 6 heteroatoms. The molecule has 0 amide bonds. The summed E-state index contributed by atoms with van der Waals surface area (Å²) >= 11 is 0. The van der Waals surface area contributed by atoms with Crippen molar-refractivity contribution in [2.24, 2.45) is 0 Å². The molecule has 2 N–H and O–H groups in total. The minimum atomic E-state index is -0.319. The Morgan fingerprint density at radius 2 is 2.07 bits per heavy atom. The maximum Gasteiger partial charge on any atom is 0.287 e. The molecule has 1 aromatic heterocycles. The number of fused-ring (bicyclic) bond motifs is 1. The topological polar surface area (TPSA) is 86.0 Å². The van der Waals surface area contributed by atoms with Gasteiger partial charge in [-0.25, -0.2) is 0 Å². The summed E-state index contributed by atoms with van der Waals surface area (Å²) < 4.78 is 4.27. The van der Waals surface area contributed by atoms with Crippen molar-refractivity contribution < 1.29 is 0 Å². The third kappa shape index (κ3) is 3.16. The number of pyridine rings is 1. The fourth-order valence-corrected chi connectivity index (χ4v) is 4.49. The molecule has 4 rings (SSSR count). The first-order chi connectivity index (χ1) is 14.1. The summed E-state index contributed by atoms with van der Waals surface area (Å²) in [6, 6.07) is 12.1. The lowest BCUT2D eigenvalue weighted by molar-refractivity contribution is 0.428. The van der Waals surface area contributed by atoms with E-state index >= 15 is 0 Å². The van der Waals surface area contributed by atoms with Gasteiger partial charge in [-0.15, -0.1) is 4.67 Å². The van der Waals surface area contributed by atoms with Gasteiger partial charge in [-0.3, -0.25) is 4.79 Å². The van der Waals surface area contributed by atoms with Gasteiger partial charge >= 0.3 is 0 Å². The summed E-state index contributed by atoms with van der Waals surface area (Å²) in [5, 5.41) is 12.9. The van der Waals surface area contributed by atoms with Gasteiger partial charge in [0.05, 0.1) is 28.3 Å². The number of hydrogen-bond donors (Lipinski definition) is 2. The number of hydrogen-bond acceptors (Lipinski definition) is 4. The van der Waals surface area contributed by atoms with Gasteiger partial charge in [0.1, 0.15) is 5.82 Å². The smallest absolute Gasteiger partial charge is 0.287 e. The number of piperidine rings is 1. The quantitative estimate of drug-likeness (QED) is 0.627. The van der Waals surface area contributed by atoms with Gasteiger partial charge in [0, 0.05) is 32.6 Å². The number of aromatic nitrogens is 1. The monoisotopic (exact) mass is 386 g/mol. The van der Waals surface area contributed by atoms with Gasteiger partial charge in [0.25, 0.3) is 18.0 Å². The zero-order chi connectivity index (χ0) is 20.4. The molecular weight excluding hydrogens is 362 g/mol. The van der Waals surface area contributed by atoms with Gasteiger partial charge in [0.2, 0.25) is 0 Å². The van der Waals surface area contributed by atoms with Crippen molar-refractivity contribution in [3.8, 4) is 6.07 Å². The van der Waals surface area contributed by atoms with Crippen LogP contribution in [0.15, 0.2) is 41.2 Å². The van der Waals surface area contributed by atoms with Crippen molar-refractivity contribution in [1.82, 2.24) is 9.65 Å². The minimum Gasteiger partial charge on any atom is -0.381 e. The van der Waals surface area contributed by atoms with Crippen molar-refractivity contribution >= 4 is 30.0 Å². The van der Waals surface area contributed by atoms with Crippen molar-refractivity contribution in [2.75, 3.05) is 29.9 Å². The first-order valence-electron chi connectivity index (χ1n) is 9.82. The Kier molecular flexibility index (Phi) is 4.84. The summed E-state index contributed by atoms with van der Waals surface area (Å²) in [5.74, 6) is 0.822. The maximum absolute atomic E-state index is 12.5. The van der Waals surface area contributed by atoms with Crippen LogP contribution in [0, 0.1) is 11.3 Å². The number of anilines is 2. The van der Waals surface area contributed by atoms with E-state index in [0.717, 1.165) is 55.3 Å². The molecule has 0 aliphatic carbocycles. The number of nitriles is 1. The average molecular weight is 386 g/mol. The van der Waals surface area contributed by atoms with Crippen LogP contribution in [-0.4, -0.2) is 37.0 Å². The predicted octanol–water partition coefficient (Wildman–Crippen LogP) is 2.45. The Morgan fingerprint density at radius 1 is 1.31 bits per heavy atom. The average Bonchev–Trinajstić information content (AvgIpc) is 2.78. The second kappa shape index (κ2) is 7.46. The van der Waals surface area contributed by atoms with Crippen LogP contribution >= 0.6 is 0 Å². The first-order valence-corrected chi connectivity index (χ1v) is 9.82. The van der Waals surface area contributed by atoms with Crippen LogP contribution in [0.1, 0.15) is 36.5 Å². The van der Waals surface area contributed by atoms with E-state index in [9.17, 15) is 10.1 Å². The lowest BCUT2D eigenvalue weighted by Gasteiger charge is -2.40. The predicted molar refractivity (Wildman–Crippen MR) is 119 cm³/mol. The summed E-state index contributed by atoms with van der Waals surface area (Å²) in [6.07, 6.45) is 5.40. The molecular formula is C23H24N5O+. The highest BCUT2D eigenvalue weighted by atomic mass is 16.1. The van der Waals surface area contributed by atoms with E-state index < -0.39 is 0 Å². The second-order valence-corrected chi connectivity index (χ2v) is 7.56. The van der Waals surface area contributed by atoms with Crippen LogP contribution in [0.3, 0.4) is 0 Å². The summed E-state index contributed by atoms with van der Waals surface area (Å²) in [7, 11) is 0. The van der Waals surface area contributed by atoms with E-state index in [0.29, 0.717) is 11.1 Å². The summed E-state index contributed by atoms with van der Waals surface area (Å²) in [5.41, 5.74) is 3.77. The highest BCUT2D eigenvalue weighted by Crippen LogP contribution is 2.39. The molecule has 0 atom stereocenters. The van der Waals surface area contributed by atoms with Crippen molar-refractivity contribution in [3.05, 3.63) is 63.5 Å². The highest BCUT2D eigenvalue weighted by Gasteiger charge is 2.45. The molecule has 3 heterocycles. The van der Waals surface area contributed by atoms with Crippen LogP contribution < -0.4 is 20.4 Å². The number of nitrogens with zero attached hydrogens (tertiary/aromatic N) is 3. The highest BCUT2D eigenvalue weighted by molar-refractivity contribution is 5.93. The third-order valence-corrected chi connectivity index (χ3v) is 6.20. The zero-order valence-corrected chi connectivity index (χ0v) is 16.5. The molecule has 0 saturated carbocycles. The fraction of sp³-hybridized carbons (Fsp3) is 0.304. The molecule has 6 nitrogen and oxygen atoms in total. The Labute approximate surface area is 169 Å².